The van der Waals surface area contributed by atoms with E-state index in [4.69, 9.17) is 5.73 Å². The molecular weight excluding hydrogens is 200 g/mol. The second-order valence-corrected chi connectivity index (χ2v) is 4.19. The highest BCUT2D eigenvalue weighted by Crippen LogP contribution is 2.21. The van der Waals surface area contributed by atoms with Crippen LogP contribution < -0.4 is 11.1 Å². The number of amides is 1. The molecule has 0 spiro atoms. The van der Waals surface area contributed by atoms with Crippen molar-refractivity contribution in [2.24, 2.45) is 5.73 Å². The van der Waals surface area contributed by atoms with E-state index in [1.807, 2.05) is 26.8 Å². The minimum Gasteiger partial charge on any atom is -0.368 e. The molecule has 1 aromatic carbocycles. The molecule has 3 heteroatoms. The van der Waals surface area contributed by atoms with Gasteiger partial charge in [-0.1, -0.05) is 19.1 Å². The molecule has 0 aliphatic carbocycles. The Morgan fingerprint density at radius 3 is 2.31 bits per heavy atom. The number of carbonyl (C=O) groups is 1. The van der Waals surface area contributed by atoms with Crippen LogP contribution in [0.4, 0.5) is 0 Å². The lowest BCUT2D eigenvalue weighted by Crippen LogP contribution is -2.34. The molecular formula is C13H20N2O. The molecule has 1 unspecified atom stereocenters. The summed E-state index contributed by atoms with van der Waals surface area (Å²) in [4.78, 5) is 11.4. The summed E-state index contributed by atoms with van der Waals surface area (Å²) in [5.74, 6) is -0.326. The molecule has 16 heavy (non-hydrogen) atoms. The molecule has 3 nitrogen and oxygen atoms in total. The Morgan fingerprint density at radius 2 is 1.81 bits per heavy atom. The predicted octanol–water partition coefficient (Wildman–Crippen LogP) is 1.75. The zero-order chi connectivity index (χ0) is 12.3. The first kappa shape index (κ1) is 12.7. The maximum atomic E-state index is 11.4. The smallest absolute Gasteiger partial charge is 0.239 e. The molecule has 88 valence electrons. The van der Waals surface area contributed by atoms with Crippen LogP contribution in [0.5, 0.6) is 0 Å². The molecule has 0 aromatic heterocycles. The number of hydrogen-bond acceptors (Lipinski definition) is 2. The van der Waals surface area contributed by atoms with Gasteiger partial charge in [0, 0.05) is 0 Å². The van der Waals surface area contributed by atoms with Crippen molar-refractivity contribution in [3.8, 4) is 0 Å². The third-order valence-corrected chi connectivity index (χ3v) is 2.89. The highest BCUT2D eigenvalue weighted by molar-refractivity contribution is 5.82. The van der Waals surface area contributed by atoms with Gasteiger partial charge in [0.15, 0.2) is 0 Å². The maximum absolute atomic E-state index is 11.4. The first-order valence-corrected chi connectivity index (χ1v) is 5.57. The van der Waals surface area contributed by atoms with Crippen molar-refractivity contribution >= 4 is 5.91 Å². The second kappa shape index (κ2) is 5.12. The lowest BCUT2D eigenvalue weighted by atomic mass is 9.95. The number of benzene rings is 1. The Hall–Kier alpha value is -1.35. The number of rotatable bonds is 4. The molecule has 1 atom stereocenters. The molecule has 0 heterocycles. The van der Waals surface area contributed by atoms with Gasteiger partial charge in [0.05, 0.1) is 0 Å². The summed E-state index contributed by atoms with van der Waals surface area (Å²) in [6.45, 7) is 8.81. The highest BCUT2D eigenvalue weighted by Gasteiger charge is 2.18. The van der Waals surface area contributed by atoms with E-state index in [9.17, 15) is 4.79 Å². The van der Waals surface area contributed by atoms with E-state index in [0.29, 0.717) is 0 Å². The van der Waals surface area contributed by atoms with Crippen molar-refractivity contribution in [3.63, 3.8) is 0 Å². The summed E-state index contributed by atoms with van der Waals surface area (Å²) >= 11 is 0. The zero-order valence-corrected chi connectivity index (χ0v) is 10.4. The number of carbonyl (C=O) groups excluding carboxylic acids is 1. The molecule has 0 aliphatic heterocycles. The molecule has 0 radical (unpaired) electrons. The van der Waals surface area contributed by atoms with E-state index in [-0.39, 0.29) is 11.9 Å². The lowest BCUT2D eigenvalue weighted by molar-refractivity contribution is -0.120. The summed E-state index contributed by atoms with van der Waals surface area (Å²) in [6, 6.07) is 3.75. The number of primary amides is 1. The van der Waals surface area contributed by atoms with Crippen molar-refractivity contribution in [3.05, 3.63) is 34.4 Å². The standard InChI is InChI=1S/C13H20N2O/c1-5-15-12(13(14)16)11-7-9(3)8(2)6-10(11)4/h6-7,12,15H,5H2,1-4H3,(H2,14,16). The van der Waals surface area contributed by atoms with Crippen LogP contribution in [0, 0.1) is 20.8 Å². The number of aryl methyl sites for hydroxylation is 3. The van der Waals surface area contributed by atoms with Gasteiger partial charge in [-0.2, -0.15) is 0 Å². The van der Waals surface area contributed by atoms with E-state index < -0.39 is 0 Å². The third kappa shape index (κ3) is 2.61. The summed E-state index contributed by atoms with van der Waals surface area (Å²) in [5.41, 5.74) is 9.92. The lowest BCUT2D eigenvalue weighted by Gasteiger charge is -2.18. The summed E-state index contributed by atoms with van der Waals surface area (Å²) in [6.07, 6.45) is 0. The quantitative estimate of drug-likeness (QED) is 0.812. The summed E-state index contributed by atoms with van der Waals surface area (Å²) in [7, 11) is 0. The minimum absolute atomic E-state index is 0.326. The maximum Gasteiger partial charge on any atom is 0.239 e. The topological polar surface area (TPSA) is 55.1 Å². The average molecular weight is 220 g/mol. The number of likely N-dealkylation sites (N-methyl/N-ethyl adjacent to an activating group) is 1. The van der Waals surface area contributed by atoms with Crippen LogP contribution >= 0.6 is 0 Å². The van der Waals surface area contributed by atoms with E-state index >= 15 is 0 Å². The molecule has 1 rings (SSSR count). The van der Waals surface area contributed by atoms with E-state index in [1.54, 1.807) is 0 Å². The van der Waals surface area contributed by atoms with Crippen LogP contribution in [0.1, 0.15) is 35.2 Å². The summed E-state index contributed by atoms with van der Waals surface area (Å²) < 4.78 is 0. The van der Waals surface area contributed by atoms with Crippen molar-refractivity contribution in [1.82, 2.24) is 5.32 Å². The molecule has 1 amide bonds. The van der Waals surface area contributed by atoms with Crippen molar-refractivity contribution < 1.29 is 4.79 Å². The fraction of sp³-hybridized carbons (Fsp3) is 0.462. The third-order valence-electron chi connectivity index (χ3n) is 2.89. The van der Waals surface area contributed by atoms with Gasteiger partial charge in [-0.15, -0.1) is 0 Å². The molecule has 0 aliphatic rings. The van der Waals surface area contributed by atoms with Gasteiger partial charge in [-0.05, 0) is 49.6 Å². The van der Waals surface area contributed by atoms with E-state index in [0.717, 1.165) is 17.7 Å². The van der Waals surface area contributed by atoms with Gasteiger partial charge in [-0.25, -0.2) is 0 Å². The Balaban J connectivity index is 3.18. The number of nitrogens with one attached hydrogen (secondary N) is 1. The first-order valence-electron chi connectivity index (χ1n) is 5.57. The van der Waals surface area contributed by atoms with Crippen LogP contribution in [0.15, 0.2) is 12.1 Å². The zero-order valence-electron chi connectivity index (χ0n) is 10.4. The first-order chi connectivity index (χ1) is 7.47. The number of hydrogen-bond donors (Lipinski definition) is 2. The van der Waals surface area contributed by atoms with Crippen LogP contribution in [-0.2, 0) is 4.79 Å². The Kier molecular flexibility index (Phi) is 4.07. The van der Waals surface area contributed by atoms with Crippen molar-refractivity contribution in [2.75, 3.05) is 6.54 Å². The van der Waals surface area contributed by atoms with E-state index in [2.05, 4.69) is 18.3 Å². The van der Waals surface area contributed by atoms with Gasteiger partial charge >= 0.3 is 0 Å². The van der Waals surface area contributed by atoms with Crippen LogP contribution in [0.2, 0.25) is 0 Å². The molecule has 0 bridgehead atoms. The van der Waals surface area contributed by atoms with Crippen LogP contribution in [0.25, 0.3) is 0 Å². The molecule has 0 saturated heterocycles. The second-order valence-electron chi connectivity index (χ2n) is 4.19. The normalized spacial score (nSPS) is 12.5. The van der Waals surface area contributed by atoms with Crippen molar-refractivity contribution in [2.45, 2.75) is 33.7 Å². The Morgan fingerprint density at radius 1 is 1.25 bits per heavy atom. The van der Waals surface area contributed by atoms with Gasteiger partial charge in [-0.3, -0.25) is 4.79 Å². The van der Waals surface area contributed by atoms with Crippen LogP contribution in [0.3, 0.4) is 0 Å². The SMILES string of the molecule is CCNC(C(N)=O)c1cc(C)c(C)cc1C. The fourth-order valence-electron chi connectivity index (χ4n) is 1.86. The van der Waals surface area contributed by atoms with Crippen molar-refractivity contribution in [1.29, 1.82) is 0 Å². The van der Waals surface area contributed by atoms with Gasteiger partial charge in [0.1, 0.15) is 6.04 Å². The van der Waals surface area contributed by atoms with Gasteiger partial charge < -0.3 is 11.1 Å². The average Bonchev–Trinajstić information content (AvgIpc) is 2.20. The minimum atomic E-state index is -0.385. The summed E-state index contributed by atoms with van der Waals surface area (Å²) in [5, 5.41) is 3.11. The van der Waals surface area contributed by atoms with Crippen LogP contribution in [-0.4, -0.2) is 12.5 Å². The molecule has 0 fully saturated rings. The molecule has 3 N–H and O–H groups in total. The number of nitrogens with two attached hydrogens (primary N) is 1. The Labute approximate surface area is 97.0 Å². The largest absolute Gasteiger partial charge is 0.368 e. The molecule has 1 aromatic rings. The van der Waals surface area contributed by atoms with Gasteiger partial charge in [0.25, 0.3) is 0 Å². The fourth-order valence-corrected chi connectivity index (χ4v) is 1.86. The molecule has 0 saturated carbocycles. The predicted molar refractivity (Wildman–Crippen MR) is 66.3 cm³/mol. The monoisotopic (exact) mass is 220 g/mol. The van der Waals surface area contributed by atoms with E-state index in [1.165, 1.54) is 11.1 Å². The highest BCUT2D eigenvalue weighted by atomic mass is 16.1. The Bertz CT molecular complexity index is 399. The van der Waals surface area contributed by atoms with Gasteiger partial charge in [0.2, 0.25) is 5.91 Å².